The Bertz CT molecular complexity index is 772. The molecule has 4 rings (SSSR count). The van der Waals surface area contributed by atoms with Gasteiger partial charge in [0.2, 0.25) is 5.91 Å². The molecule has 0 spiro atoms. The summed E-state index contributed by atoms with van der Waals surface area (Å²) in [7, 11) is 0. The predicted octanol–water partition coefficient (Wildman–Crippen LogP) is 1.08. The molecule has 2 aliphatic rings. The molecule has 3 heterocycles. The lowest BCUT2D eigenvalue weighted by Crippen LogP contribution is -2.45. The van der Waals surface area contributed by atoms with Gasteiger partial charge in [0, 0.05) is 37.8 Å². The molecule has 2 atom stereocenters. The lowest BCUT2D eigenvalue weighted by Gasteiger charge is -2.30. The van der Waals surface area contributed by atoms with Crippen molar-refractivity contribution in [2.75, 3.05) is 13.1 Å². The number of rotatable bonds is 9. The van der Waals surface area contributed by atoms with E-state index in [0.717, 1.165) is 31.0 Å². The van der Waals surface area contributed by atoms with Gasteiger partial charge in [-0.05, 0) is 37.7 Å². The highest BCUT2D eigenvalue weighted by molar-refractivity contribution is 5.91. The summed E-state index contributed by atoms with van der Waals surface area (Å²) in [5.74, 6) is 0.552. The predicted molar refractivity (Wildman–Crippen MR) is 100 cm³/mol. The van der Waals surface area contributed by atoms with Crippen molar-refractivity contribution < 1.29 is 14.0 Å². The van der Waals surface area contributed by atoms with Gasteiger partial charge in [0.25, 0.3) is 5.91 Å². The van der Waals surface area contributed by atoms with Crippen LogP contribution in [0.25, 0.3) is 0 Å². The monoisotopic (exact) mass is 386 g/mol. The number of carbonyl (C=O) groups is 2. The van der Waals surface area contributed by atoms with E-state index in [2.05, 4.69) is 30.7 Å². The SMILES string of the molecule is O=C(C[C@H]1CC[C@@H](CNC(=O)c2cocn2)N1CC1CC1)NCc1ccn[nH]1. The second kappa shape index (κ2) is 8.55. The molecule has 0 aromatic carbocycles. The van der Waals surface area contributed by atoms with Crippen LogP contribution in [0.3, 0.4) is 0 Å². The summed E-state index contributed by atoms with van der Waals surface area (Å²) in [6.07, 6.45) is 9.21. The normalized spacial score (nSPS) is 22.3. The Morgan fingerprint density at radius 2 is 2.07 bits per heavy atom. The van der Waals surface area contributed by atoms with Crippen molar-refractivity contribution in [2.45, 2.75) is 50.7 Å². The van der Waals surface area contributed by atoms with Gasteiger partial charge in [0.05, 0.1) is 12.2 Å². The van der Waals surface area contributed by atoms with Crippen LogP contribution in [0, 0.1) is 5.92 Å². The molecule has 2 fully saturated rings. The van der Waals surface area contributed by atoms with E-state index in [9.17, 15) is 9.59 Å². The molecule has 1 saturated heterocycles. The van der Waals surface area contributed by atoms with Gasteiger partial charge in [0.1, 0.15) is 6.26 Å². The lowest BCUT2D eigenvalue weighted by atomic mass is 10.1. The zero-order valence-corrected chi connectivity index (χ0v) is 15.8. The number of H-pyrrole nitrogens is 1. The van der Waals surface area contributed by atoms with E-state index in [1.807, 2.05) is 6.07 Å². The van der Waals surface area contributed by atoms with Gasteiger partial charge in [-0.25, -0.2) is 4.98 Å². The van der Waals surface area contributed by atoms with Crippen LogP contribution in [0.1, 0.15) is 48.3 Å². The van der Waals surface area contributed by atoms with Crippen LogP contribution in [-0.2, 0) is 11.3 Å². The van der Waals surface area contributed by atoms with Crippen LogP contribution in [0.4, 0.5) is 0 Å². The highest BCUT2D eigenvalue weighted by atomic mass is 16.3. The van der Waals surface area contributed by atoms with Crippen LogP contribution >= 0.6 is 0 Å². The summed E-state index contributed by atoms with van der Waals surface area (Å²) in [4.78, 5) is 30.9. The molecular formula is C19H26N6O3. The molecule has 2 amide bonds. The van der Waals surface area contributed by atoms with Crippen LogP contribution < -0.4 is 10.6 Å². The Kier molecular flexibility index (Phi) is 5.70. The number of amides is 2. The minimum Gasteiger partial charge on any atom is -0.451 e. The molecule has 1 saturated carbocycles. The van der Waals surface area contributed by atoms with Gasteiger partial charge in [-0.1, -0.05) is 0 Å². The maximum atomic E-state index is 12.4. The van der Waals surface area contributed by atoms with Crippen molar-refractivity contribution in [3.05, 3.63) is 36.3 Å². The minimum atomic E-state index is -0.221. The third-order valence-corrected chi connectivity index (χ3v) is 5.56. The molecule has 28 heavy (non-hydrogen) atoms. The summed E-state index contributed by atoms with van der Waals surface area (Å²) >= 11 is 0. The second-order valence-electron chi connectivity index (χ2n) is 7.67. The van der Waals surface area contributed by atoms with E-state index >= 15 is 0 Å². The molecule has 9 heteroatoms. The number of likely N-dealkylation sites (tertiary alicyclic amines) is 1. The van der Waals surface area contributed by atoms with Crippen LogP contribution in [-0.4, -0.2) is 57.1 Å². The van der Waals surface area contributed by atoms with Crippen molar-refractivity contribution in [3.8, 4) is 0 Å². The smallest absolute Gasteiger partial charge is 0.273 e. The van der Waals surface area contributed by atoms with E-state index in [1.165, 1.54) is 25.5 Å². The molecule has 0 radical (unpaired) electrons. The Morgan fingerprint density at radius 3 is 2.79 bits per heavy atom. The Morgan fingerprint density at radius 1 is 1.21 bits per heavy atom. The number of nitrogens with one attached hydrogen (secondary N) is 3. The van der Waals surface area contributed by atoms with E-state index in [-0.39, 0.29) is 23.9 Å². The first-order valence-corrected chi connectivity index (χ1v) is 9.86. The first kappa shape index (κ1) is 18.7. The quantitative estimate of drug-likeness (QED) is 0.594. The molecule has 3 N–H and O–H groups in total. The van der Waals surface area contributed by atoms with Crippen LogP contribution in [0.15, 0.2) is 29.3 Å². The first-order valence-electron chi connectivity index (χ1n) is 9.86. The molecule has 1 aliphatic carbocycles. The number of hydrogen-bond donors (Lipinski definition) is 3. The summed E-state index contributed by atoms with van der Waals surface area (Å²) in [5.41, 5.74) is 1.18. The highest BCUT2D eigenvalue weighted by Crippen LogP contribution is 2.35. The van der Waals surface area contributed by atoms with Gasteiger partial charge < -0.3 is 15.1 Å². The molecule has 2 aromatic rings. The molecule has 2 aromatic heterocycles. The molecule has 0 unspecified atom stereocenters. The van der Waals surface area contributed by atoms with Crippen molar-refractivity contribution in [2.24, 2.45) is 5.92 Å². The highest BCUT2D eigenvalue weighted by Gasteiger charge is 2.38. The number of oxazole rings is 1. The number of carbonyl (C=O) groups excluding carboxylic acids is 2. The van der Waals surface area contributed by atoms with E-state index in [0.29, 0.717) is 25.2 Å². The molecule has 1 aliphatic heterocycles. The summed E-state index contributed by atoms with van der Waals surface area (Å²) < 4.78 is 4.87. The fourth-order valence-electron chi connectivity index (χ4n) is 3.84. The Labute approximate surface area is 163 Å². The zero-order valence-electron chi connectivity index (χ0n) is 15.8. The number of aromatic nitrogens is 3. The number of nitrogens with zero attached hydrogens (tertiary/aromatic N) is 3. The molecular weight excluding hydrogens is 360 g/mol. The zero-order chi connectivity index (χ0) is 19.3. The average molecular weight is 386 g/mol. The van der Waals surface area contributed by atoms with Gasteiger partial charge in [0.15, 0.2) is 12.1 Å². The van der Waals surface area contributed by atoms with E-state index < -0.39 is 0 Å². The number of aromatic amines is 1. The molecule has 150 valence electrons. The van der Waals surface area contributed by atoms with Crippen molar-refractivity contribution in [3.63, 3.8) is 0 Å². The van der Waals surface area contributed by atoms with Crippen molar-refractivity contribution in [1.29, 1.82) is 0 Å². The van der Waals surface area contributed by atoms with Crippen LogP contribution in [0.5, 0.6) is 0 Å². The van der Waals surface area contributed by atoms with Gasteiger partial charge in [-0.15, -0.1) is 0 Å². The average Bonchev–Trinajstić information content (AvgIpc) is 3.12. The van der Waals surface area contributed by atoms with E-state index in [1.54, 1.807) is 6.20 Å². The maximum Gasteiger partial charge on any atom is 0.273 e. The lowest BCUT2D eigenvalue weighted by molar-refractivity contribution is -0.122. The topological polar surface area (TPSA) is 116 Å². The third-order valence-electron chi connectivity index (χ3n) is 5.56. The maximum absolute atomic E-state index is 12.4. The van der Waals surface area contributed by atoms with Crippen LogP contribution in [0.2, 0.25) is 0 Å². The Hall–Kier alpha value is -2.68. The standard InChI is InChI=1S/C19H26N6O3/c26-18(20-8-14-5-6-23-24-14)7-15-3-4-16(25(15)10-13-1-2-13)9-21-19(27)17-11-28-12-22-17/h5-6,11-13,15-16H,1-4,7-10H2,(H,20,26)(H,21,27)(H,23,24)/t15-,16+/m1/s1. The summed E-state index contributed by atoms with van der Waals surface area (Å²) in [5, 5.41) is 12.7. The fourth-order valence-corrected chi connectivity index (χ4v) is 3.84. The largest absolute Gasteiger partial charge is 0.451 e. The van der Waals surface area contributed by atoms with Gasteiger partial charge >= 0.3 is 0 Å². The summed E-state index contributed by atoms with van der Waals surface area (Å²) in [6.45, 7) is 2.03. The molecule has 9 nitrogen and oxygen atoms in total. The van der Waals surface area contributed by atoms with Gasteiger partial charge in [-0.2, -0.15) is 5.10 Å². The van der Waals surface area contributed by atoms with E-state index in [4.69, 9.17) is 4.42 Å². The molecule has 0 bridgehead atoms. The van der Waals surface area contributed by atoms with Gasteiger partial charge in [-0.3, -0.25) is 19.6 Å². The third kappa shape index (κ3) is 4.78. The Balaban J connectivity index is 1.29. The fraction of sp³-hybridized carbons (Fsp3) is 0.579. The second-order valence-corrected chi connectivity index (χ2v) is 7.67. The number of hydrogen-bond acceptors (Lipinski definition) is 6. The first-order chi connectivity index (χ1) is 13.7. The summed E-state index contributed by atoms with van der Waals surface area (Å²) in [6, 6.07) is 2.32. The minimum absolute atomic E-state index is 0.0488. The van der Waals surface area contributed by atoms with Crippen molar-refractivity contribution >= 4 is 11.8 Å². The van der Waals surface area contributed by atoms with Crippen molar-refractivity contribution in [1.82, 2.24) is 30.7 Å².